The second kappa shape index (κ2) is 12.3. The molecule has 0 aromatic heterocycles. The number of hydrogen-bond acceptors (Lipinski definition) is 6. The van der Waals surface area contributed by atoms with Crippen LogP contribution in [0.4, 0.5) is 4.79 Å². The molecule has 3 aromatic carbocycles. The van der Waals surface area contributed by atoms with Crippen LogP contribution in [0, 0.1) is 0 Å². The zero-order valence-corrected chi connectivity index (χ0v) is 21.6. The van der Waals surface area contributed by atoms with Crippen molar-refractivity contribution >= 4 is 34.6 Å². The molecule has 202 valence electrons. The van der Waals surface area contributed by atoms with Crippen molar-refractivity contribution in [3.63, 3.8) is 0 Å². The molecule has 4 rings (SSSR count). The third kappa shape index (κ3) is 6.62. The molecule has 9 heteroatoms. The van der Waals surface area contributed by atoms with Gasteiger partial charge in [-0.1, -0.05) is 85.5 Å². The molecule has 1 aliphatic rings. The van der Waals surface area contributed by atoms with E-state index in [1.807, 2.05) is 72.8 Å². The number of nitrogens with one attached hydrogen (secondary N) is 3. The maximum atomic E-state index is 13.4. The van der Waals surface area contributed by atoms with E-state index in [2.05, 4.69) is 22.5 Å². The summed E-state index contributed by atoms with van der Waals surface area (Å²) in [6, 6.07) is 21.8. The summed E-state index contributed by atoms with van der Waals surface area (Å²) in [5, 5.41) is 9.91. The van der Waals surface area contributed by atoms with Gasteiger partial charge in [-0.25, -0.2) is 4.79 Å². The lowest BCUT2D eigenvalue weighted by Gasteiger charge is -2.22. The quantitative estimate of drug-likeness (QED) is 0.259. The van der Waals surface area contributed by atoms with Gasteiger partial charge in [0.2, 0.25) is 11.8 Å². The highest BCUT2D eigenvalue weighted by atomic mass is 16.5. The van der Waals surface area contributed by atoms with Crippen LogP contribution < -0.4 is 16.0 Å². The third-order valence-corrected chi connectivity index (χ3v) is 6.61. The highest BCUT2D eigenvalue weighted by Gasteiger charge is 2.62. The first-order valence-corrected chi connectivity index (χ1v) is 12.7. The lowest BCUT2D eigenvalue weighted by molar-refractivity contribution is -0.143. The van der Waals surface area contributed by atoms with Crippen LogP contribution in [0.5, 0.6) is 0 Å². The van der Waals surface area contributed by atoms with Crippen LogP contribution in [0.3, 0.4) is 0 Å². The zero-order chi connectivity index (χ0) is 27.8. The smallest absolute Gasteiger partial charge is 0.408 e. The van der Waals surface area contributed by atoms with Gasteiger partial charge in [-0.2, -0.15) is 0 Å². The molecule has 0 aliphatic heterocycles. The van der Waals surface area contributed by atoms with E-state index >= 15 is 0 Å². The Kier molecular flexibility index (Phi) is 8.60. The molecule has 0 spiro atoms. The highest BCUT2D eigenvalue weighted by Crippen LogP contribution is 2.53. The van der Waals surface area contributed by atoms with Crippen LogP contribution in [-0.2, 0) is 30.5 Å². The Bertz CT molecular complexity index is 1370. The zero-order valence-electron chi connectivity index (χ0n) is 21.6. The number of ether oxygens (including phenoxy) is 2. The number of hydrogen-bond donors (Lipinski definition) is 3. The van der Waals surface area contributed by atoms with Gasteiger partial charge >= 0.3 is 12.1 Å². The maximum absolute atomic E-state index is 13.4. The normalized spacial score (nSPS) is 18.3. The Morgan fingerprint density at radius 1 is 1.00 bits per heavy atom. The number of alkyl carbamates (subject to hydrolysis) is 1. The number of benzene rings is 3. The van der Waals surface area contributed by atoms with Gasteiger partial charge < -0.3 is 25.4 Å². The van der Waals surface area contributed by atoms with Crippen molar-refractivity contribution in [2.24, 2.45) is 0 Å². The standard InChI is InChI=1S/C30H31N3O6/c1-3-16-38-26(34)18-31-28(36)30(17-25(30)24-15-9-13-22-12-7-8-14-23(22)24)33-27(35)20(2)32-29(37)39-19-21-10-5-4-6-11-21/h3-15,20,25H,1,16-19H2,2H3,(H,31,36)(H,32,37)(H,33,35)/t20-,25-,30?/m0/s1. The molecule has 39 heavy (non-hydrogen) atoms. The van der Waals surface area contributed by atoms with Gasteiger partial charge in [-0.3, -0.25) is 14.4 Å². The monoisotopic (exact) mass is 529 g/mol. The van der Waals surface area contributed by atoms with Crippen LogP contribution >= 0.6 is 0 Å². The molecule has 0 radical (unpaired) electrons. The molecule has 3 aromatic rings. The Labute approximate surface area is 226 Å². The van der Waals surface area contributed by atoms with Gasteiger partial charge in [0, 0.05) is 5.92 Å². The molecule has 1 fully saturated rings. The van der Waals surface area contributed by atoms with Crippen LogP contribution in [0.25, 0.3) is 10.8 Å². The predicted molar refractivity (Wildman–Crippen MR) is 146 cm³/mol. The molecule has 9 nitrogen and oxygen atoms in total. The Morgan fingerprint density at radius 3 is 2.49 bits per heavy atom. The number of carbonyl (C=O) groups is 4. The van der Waals surface area contributed by atoms with Gasteiger partial charge in [-0.15, -0.1) is 0 Å². The summed E-state index contributed by atoms with van der Waals surface area (Å²) < 4.78 is 10.2. The first-order chi connectivity index (χ1) is 18.8. The molecular weight excluding hydrogens is 498 g/mol. The van der Waals surface area contributed by atoms with Crippen LogP contribution in [0.2, 0.25) is 0 Å². The summed E-state index contributed by atoms with van der Waals surface area (Å²) in [6.45, 7) is 4.72. The van der Waals surface area contributed by atoms with Crippen molar-refractivity contribution in [3.05, 3.63) is 96.6 Å². The van der Waals surface area contributed by atoms with Gasteiger partial charge in [0.15, 0.2) is 0 Å². The lowest BCUT2D eigenvalue weighted by atomic mass is 9.98. The van der Waals surface area contributed by atoms with Crippen molar-refractivity contribution < 1.29 is 28.7 Å². The van der Waals surface area contributed by atoms with E-state index in [0.717, 1.165) is 21.9 Å². The topological polar surface area (TPSA) is 123 Å². The van der Waals surface area contributed by atoms with Gasteiger partial charge in [-0.05, 0) is 35.2 Å². The molecule has 3 atom stereocenters. The first-order valence-electron chi connectivity index (χ1n) is 12.7. The molecular formula is C30H31N3O6. The van der Waals surface area contributed by atoms with Gasteiger partial charge in [0.05, 0.1) is 0 Å². The van der Waals surface area contributed by atoms with Gasteiger partial charge in [0.25, 0.3) is 0 Å². The first kappa shape index (κ1) is 27.4. The average Bonchev–Trinajstić information content (AvgIpc) is 3.68. The molecule has 0 heterocycles. The molecule has 1 unspecified atom stereocenters. The summed E-state index contributed by atoms with van der Waals surface area (Å²) in [5.41, 5.74) is 0.410. The fraction of sp³-hybridized carbons (Fsp3) is 0.267. The minimum atomic E-state index is -1.30. The third-order valence-electron chi connectivity index (χ3n) is 6.61. The average molecular weight is 530 g/mol. The molecule has 3 amide bonds. The predicted octanol–water partition coefficient (Wildman–Crippen LogP) is 3.34. The Balaban J connectivity index is 1.46. The molecule has 1 aliphatic carbocycles. The molecule has 3 N–H and O–H groups in total. The summed E-state index contributed by atoms with van der Waals surface area (Å²) >= 11 is 0. The maximum Gasteiger partial charge on any atom is 0.408 e. The van der Waals surface area contributed by atoms with E-state index in [1.165, 1.54) is 13.0 Å². The van der Waals surface area contributed by atoms with Crippen molar-refractivity contribution in [3.8, 4) is 0 Å². The Hall–Kier alpha value is -4.66. The minimum Gasteiger partial charge on any atom is -0.460 e. The van der Waals surface area contributed by atoms with E-state index in [1.54, 1.807) is 0 Å². The fourth-order valence-corrected chi connectivity index (χ4v) is 4.49. The molecule has 0 saturated heterocycles. The summed E-state index contributed by atoms with van der Waals surface area (Å²) in [5.74, 6) is -2.03. The summed E-state index contributed by atoms with van der Waals surface area (Å²) in [4.78, 5) is 50.8. The second-order valence-corrected chi connectivity index (χ2v) is 9.37. The van der Waals surface area contributed by atoms with Crippen LogP contribution in [-0.4, -0.2) is 48.6 Å². The van der Waals surface area contributed by atoms with E-state index in [4.69, 9.17) is 9.47 Å². The SMILES string of the molecule is C=CCOC(=O)CNC(=O)C1(NC(=O)[C@H](C)NC(=O)OCc2ccccc2)C[C@H]1c1cccc2ccccc12. The van der Waals surface area contributed by atoms with Crippen molar-refractivity contribution in [1.82, 2.24) is 16.0 Å². The summed E-state index contributed by atoms with van der Waals surface area (Å²) in [6.07, 6.45) is 0.996. The Morgan fingerprint density at radius 2 is 1.72 bits per heavy atom. The van der Waals surface area contributed by atoms with E-state index < -0.39 is 35.5 Å². The number of esters is 1. The van der Waals surface area contributed by atoms with Crippen LogP contribution in [0.1, 0.15) is 30.4 Å². The van der Waals surface area contributed by atoms with Crippen molar-refractivity contribution in [2.75, 3.05) is 13.2 Å². The number of fused-ring (bicyclic) bond motifs is 1. The largest absolute Gasteiger partial charge is 0.460 e. The fourth-order valence-electron chi connectivity index (χ4n) is 4.49. The van der Waals surface area contributed by atoms with Crippen LogP contribution in [0.15, 0.2) is 85.5 Å². The number of amides is 3. The van der Waals surface area contributed by atoms with E-state index in [0.29, 0.717) is 6.42 Å². The van der Waals surface area contributed by atoms with Gasteiger partial charge in [0.1, 0.15) is 31.3 Å². The van der Waals surface area contributed by atoms with Crippen molar-refractivity contribution in [1.29, 1.82) is 0 Å². The minimum absolute atomic E-state index is 0.0266. The number of carbonyl (C=O) groups excluding carboxylic acids is 4. The van der Waals surface area contributed by atoms with E-state index in [9.17, 15) is 19.2 Å². The number of rotatable bonds is 11. The molecule has 0 bridgehead atoms. The highest BCUT2D eigenvalue weighted by molar-refractivity contribution is 6.00. The second-order valence-electron chi connectivity index (χ2n) is 9.37. The van der Waals surface area contributed by atoms with Crippen molar-refractivity contribution in [2.45, 2.75) is 37.5 Å². The molecule has 1 saturated carbocycles. The van der Waals surface area contributed by atoms with E-state index in [-0.39, 0.29) is 25.7 Å². The summed E-state index contributed by atoms with van der Waals surface area (Å²) in [7, 11) is 0. The lowest BCUT2D eigenvalue weighted by Crippen LogP contribution is -2.55.